The predicted molar refractivity (Wildman–Crippen MR) is 133 cm³/mol. The molecule has 158 valence electrons. The maximum absolute atomic E-state index is 5.84. The molecule has 0 saturated carbocycles. The van der Waals surface area contributed by atoms with Crippen molar-refractivity contribution < 1.29 is 0 Å². The number of hydrogen-bond donors (Lipinski definition) is 1. The third-order valence-electron chi connectivity index (χ3n) is 4.73. The van der Waals surface area contributed by atoms with Gasteiger partial charge in [-0.05, 0) is 17.7 Å². The molecule has 0 amide bonds. The number of amidine groups is 1. The van der Waals surface area contributed by atoms with Gasteiger partial charge in [0.25, 0.3) is 0 Å². The maximum atomic E-state index is 5.84. The molecule has 3 aromatic carbocycles. The lowest BCUT2D eigenvalue weighted by atomic mass is 10.1. The van der Waals surface area contributed by atoms with Gasteiger partial charge in [0.1, 0.15) is 0 Å². The summed E-state index contributed by atoms with van der Waals surface area (Å²) in [4.78, 5) is 9.45. The van der Waals surface area contributed by atoms with Crippen LogP contribution >= 0.6 is 11.8 Å². The Morgan fingerprint density at radius 1 is 0.906 bits per heavy atom. The second kappa shape index (κ2) is 10.4. The summed E-state index contributed by atoms with van der Waals surface area (Å²) in [7, 11) is 0. The molecule has 0 atom stereocenters. The molecular weight excluding hydrogens is 416 g/mol. The van der Waals surface area contributed by atoms with Gasteiger partial charge in [-0.25, -0.2) is 15.0 Å². The molecule has 0 radical (unpaired) electrons. The minimum absolute atomic E-state index is 0.407. The smallest absolute Gasteiger partial charge is 0.188 e. The van der Waals surface area contributed by atoms with E-state index in [9.17, 15) is 0 Å². The van der Waals surface area contributed by atoms with E-state index in [1.54, 1.807) is 23.0 Å². The number of nitrogens with zero attached hydrogens (tertiary/aromatic N) is 5. The highest BCUT2D eigenvalue weighted by molar-refractivity contribution is 7.98. The van der Waals surface area contributed by atoms with Crippen molar-refractivity contribution >= 4 is 30.0 Å². The molecule has 0 aliphatic carbocycles. The molecule has 0 unspecified atom stereocenters. The highest BCUT2D eigenvalue weighted by atomic mass is 32.2. The summed E-state index contributed by atoms with van der Waals surface area (Å²) in [5.41, 5.74) is 4.32. The first-order chi connectivity index (χ1) is 15.8. The van der Waals surface area contributed by atoms with Gasteiger partial charge in [-0.3, -0.25) is 0 Å². The van der Waals surface area contributed by atoms with Gasteiger partial charge in [0.15, 0.2) is 11.0 Å². The van der Waals surface area contributed by atoms with Crippen molar-refractivity contribution in [3.63, 3.8) is 0 Å². The lowest BCUT2D eigenvalue weighted by molar-refractivity contribution is 0.962. The van der Waals surface area contributed by atoms with Crippen molar-refractivity contribution in [2.45, 2.75) is 10.9 Å². The van der Waals surface area contributed by atoms with Crippen molar-refractivity contribution in [3.05, 3.63) is 108 Å². The normalized spacial score (nSPS) is 11.2. The van der Waals surface area contributed by atoms with E-state index < -0.39 is 0 Å². The maximum Gasteiger partial charge on any atom is 0.188 e. The van der Waals surface area contributed by atoms with Gasteiger partial charge in [0.05, 0.1) is 16.9 Å². The van der Waals surface area contributed by atoms with E-state index in [4.69, 9.17) is 10.8 Å². The van der Waals surface area contributed by atoms with Gasteiger partial charge in [0, 0.05) is 24.2 Å². The van der Waals surface area contributed by atoms with Crippen LogP contribution in [-0.4, -0.2) is 22.5 Å². The zero-order chi connectivity index (χ0) is 22.2. The summed E-state index contributed by atoms with van der Waals surface area (Å²) in [6.45, 7) is 3.71. The third kappa shape index (κ3) is 4.84. The SMILES string of the molecule is C=NN(/C(=N\N)c1cnc(SCc2ccccc2)nc1-c1ccccc1)c1ccccc1. The Balaban J connectivity index is 1.74. The molecule has 6 nitrogen and oxygen atoms in total. The standard InChI is InChI=1S/C25H22N6S/c1-27-31(21-15-9-4-10-16-21)24(30-26)22-17-28-25(32-18-19-11-5-2-6-12-19)29-23(22)20-13-7-3-8-14-20/h2-17H,1,18,26H2/b30-24-. The van der Waals surface area contributed by atoms with E-state index in [1.165, 1.54) is 5.56 Å². The molecular formula is C25H22N6S. The van der Waals surface area contributed by atoms with Gasteiger partial charge in [0.2, 0.25) is 0 Å². The molecule has 0 saturated heterocycles. The molecule has 4 aromatic rings. The first-order valence-corrected chi connectivity index (χ1v) is 11.0. The number of para-hydroxylation sites is 1. The first kappa shape index (κ1) is 21.3. The fourth-order valence-corrected chi connectivity index (χ4v) is 3.99. The number of benzene rings is 3. The molecule has 0 fully saturated rings. The van der Waals surface area contributed by atoms with Crippen LogP contribution in [0.3, 0.4) is 0 Å². The van der Waals surface area contributed by atoms with Crippen LogP contribution in [0.25, 0.3) is 11.3 Å². The highest BCUT2D eigenvalue weighted by Gasteiger charge is 2.21. The van der Waals surface area contributed by atoms with Crippen LogP contribution in [0.4, 0.5) is 5.69 Å². The van der Waals surface area contributed by atoms with Crippen LogP contribution in [0.2, 0.25) is 0 Å². The fourth-order valence-electron chi connectivity index (χ4n) is 3.22. The van der Waals surface area contributed by atoms with Crippen LogP contribution in [0.15, 0.2) is 113 Å². The molecule has 1 heterocycles. The summed E-state index contributed by atoms with van der Waals surface area (Å²) in [5.74, 6) is 7.02. The average molecular weight is 439 g/mol. The van der Waals surface area contributed by atoms with E-state index in [1.807, 2.05) is 78.9 Å². The Morgan fingerprint density at radius 3 is 2.16 bits per heavy atom. The van der Waals surface area contributed by atoms with Crippen molar-refractivity contribution in [1.29, 1.82) is 0 Å². The van der Waals surface area contributed by atoms with Crippen molar-refractivity contribution in [2.75, 3.05) is 5.01 Å². The van der Waals surface area contributed by atoms with Gasteiger partial charge in [-0.15, -0.1) is 0 Å². The summed E-state index contributed by atoms with van der Waals surface area (Å²) in [5, 5.41) is 10.4. The van der Waals surface area contributed by atoms with E-state index >= 15 is 0 Å². The Kier molecular flexibility index (Phi) is 6.89. The third-order valence-corrected chi connectivity index (χ3v) is 5.66. The topological polar surface area (TPSA) is 79.8 Å². The van der Waals surface area contributed by atoms with Crippen LogP contribution in [0, 0.1) is 0 Å². The van der Waals surface area contributed by atoms with E-state index in [2.05, 4.69) is 34.0 Å². The minimum Gasteiger partial charge on any atom is -0.321 e. The molecule has 2 N–H and O–H groups in total. The second-order valence-electron chi connectivity index (χ2n) is 6.80. The molecule has 0 spiro atoms. The molecule has 7 heteroatoms. The predicted octanol–water partition coefficient (Wildman–Crippen LogP) is 5.18. The van der Waals surface area contributed by atoms with Crippen LogP contribution in [0.1, 0.15) is 11.1 Å². The summed E-state index contributed by atoms with van der Waals surface area (Å²) < 4.78 is 0. The first-order valence-electron chi connectivity index (χ1n) is 9.99. The van der Waals surface area contributed by atoms with Crippen molar-refractivity contribution in [2.24, 2.45) is 16.0 Å². The second-order valence-corrected chi connectivity index (χ2v) is 7.74. The summed E-state index contributed by atoms with van der Waals surface area (Å²) in [6, 6.07) is 29.7. The number of aromatic nitrogens is 2. The van der Waals surface area contributed by atoms with E-state index in [-0.39, 0.29) is 0 Å². The largest absolute Gasteiger partial charge is 0.321 e. The van der Waals surface area contributed by atoms with E-state index in [0.717, 1.165) is 22.7 Å². The van der Waals surface area contributed by atoms with Crippen LogP contribution in [0.5, 0.6) is 0 Å². The van der Waals surface area contributed by atoms with Gasteiger partial charge in [-0.2, -0.15) is 10.2 Å². The van der Waals surface area contributed by atoms with Gasteiger partial charge >= 0.3 is 0 Å². The van der Waals surface area contributed by atoms with E-state index in [0.29, 0.717) is 16.6 Å². The zero-order valence-corrected chi connectivity index (χ0v) is 18.2. The van der Waals surface area contributed by atoms with Crippen LogP contribution < -0.4 is 10.9 Å². The average Bonchev–Trinajstić information content (AvgIpc) is 2.87. The zero-order valence-electron chi connectivity index (χ0n) is 17.4. The van der Waals surface area contributed by atoms with Crippen molar-refractivity contribution in [1.82, 2.24) is 9.97 Å². The number of hydrogen-bond acceptors (Lipinski definition) is 6. The van der Waals surface area contributed by atoms with Gasteiger partial charge < -0.3 is 5.84 Å². The molecule has 0 aliphatic rings. The number of rotatable bonds is 7. The fraction of sp³-hybridized carbons (Fsp3) is 0.0400. The monoisotopic (exact) mass is 438 g/mol. The Labute approximate surface area is 191 Å². The molecule has 1 aromatic heterocycles. The number of anilines is 1. The Hall–Kier alpha value is -3.97. The highest BCUT2D eigenvalue weighted by Crippen LogP contribution is 2.28. The number of hydrazone groups is 2. The number of thioether (sulfide) groups is 1. The lowest BCUT2D eigenvalue weighted by Crippen LogP contribution is -2.28. The molecule has 0 bridgehead atoms. The summed E-state index contributed by atoms with van der Waals surface area (Å²) >= 11 is 1.58. The van der Waals surface area contributed by atoms with Crippen LogP contribution in [-0.2, 0) is 5.75 Å². The quantitative estimate of drug-likeness (QED) is 0.107. The molecule has 32 heavy (non-hydrogen) atoms. The Morgan fingerprint density at radius 2 is 1.53 bits per heavy atom. The lowest BCUT2D eigenvalue weighted by Gasteiger charge is -2.21. The minimum atomic E-state index is 0.407. The van der Waals surface area contributed by atoms with Crippen molar-refractivity contribution in [3.8, 4) is 11.3 Å². The summed E-state index contributed by atoms with van der Waals surface area (Å²) in [6.07, 6.45) is 1.75. The number of nitrogens with two attached hydrogens (primary N) is 1. The Bertz CT molecular complexity index is 1200. The van der Waals surface area contributed by atoms with Gasteiger partial charge in [-0.1, -0.05) is 90.6 Å². The molecule has 0 aliphatic heterocycles. The molecule has 4 rings (SSSR count).